The van der Waals surface area contributed by atoms with E-state index in [9.17, 15) is 4.79 Å². The van der Waals surface area contributed by atoms with Crippen LogP contribution in [0.1, 0.15) is 0 Å². The van der Waals surface area contributed by atoms with Crippen LogP contribution >= 0.6 is 15.9 Å². The minimum atomic E-state index is -0.243. The standard InChI is InChI=1S/C10H8BrNO2/c11-8-2-1-3-9(6-8)12-4-5-14-10(13)7-12/h1-6H,7H2. The minimum Gasteiger partial charge on any atom is -0.432 e. The molecule has 0 spiro atoms. The van der Waals surface area contributed by atoms with Crippen LogP contribution in [0.15, 0.2) is 41.2 Å². The van der Waals surface area contributed by atoms with E-state index < -0.39 is 0 Å². The lowest BCUT2D eigenvalue weighted by molar-refractivity contribution is -0.136. The van der Waals surface area contributed by atoms with Crippen LogP contribution in [-0.4, -0.2) is 12.5 Å². The number of carbonyl (C=O) groups excluding carboxylic acids is 1. The molecule has 0 saturated heterocycles. The molecule has 0 radical (unpaired) electrons. The molecule has 0 fully saturated rings. The number of esters is 1. The summed E-state index contributed by atoms with van der Waals surface area (Å²) in [5.74, 6) is -0.243. The Kier molecular flexibility index (Phi) is 2.54. The zero-order chi connectivity index (χ0) is 9.97. The number of rotatable bonds is 1. The SMILES string of the molecule is O=C1CN(c2cccc(Br)c2)C=CO1. The fourth-order valence-electron chi connectivity index (χ4n) is 1.24. The zero-order valence-corrected chi connectivity index (χ0v) is 8.90. The summed E-state index contributed by atoms with van der Waals surface area (Å²) in [6, 6.07) is 7.75. The summed E-state index contributed by atoms with van der Waals surface area (Å²) < 4.78 is 5.68. The van der Waals surface area contributed by atoms with Crippen LogP contribution in [0.2, 0.25) is 0 Å². The molecule has 0 unspecified atom stereocenters. The molecule has 14 heavy (non-hydrogen) atoms. The number of hydrogen-bond acceptors (Lipinski definition) is 3. The predicted molar refractivity (Wildman–Crippen MR) is 56.7 cm³/mol. The Morgan fingerprint density at radius 1 is 1.43 bits per heavy atom. The van der Waals surface area contributed by atoms with E-state index in [-0.39, 0.29) is 12.5 Å². The van der Waals surface area contributed by atoms with Crippen LogP contribution in [0.25, 0.3) is 0 Å². The van der Waals surface area contributed by atoms with Gasteiger partial charge in [-0.3, -0.25) is 0 Å². The Morgan fingerprint density at radius 2 is 2.29 bits per heavy atom. The third-order valence-electron chi connectivity index (χ3n) is 1.88. The van der Waals surface area contributed by atoms with Gasteiger partial charge in [0.15, 0.2) is 0 Å². The maximum Gasteiger partial charge on any atom is 0.330 e. The van der Waals surface area contributed by atoms with Crippen molar-refractivity contribution in [2.24, 2.45) is 0 Å². The number of benzene rings is 1. The van der Waals surface area contributed by atoms with Crippen molar-refractivity contribution in [1.82, 2.24) is 0 Å². The van der Waals surface area contributed by atoms with Gasteiger partial charge >= 0.3 is 5.97 Å². The molecule has 0 N–H and O–H groups in total. The van der Waals surface area contributed by atoms with Crippen molar-refractivity contribution >= 4 is 27.6 Å². The second kappa shape index (κ2) is 3.84. The van der Waals surface area contributed by atoms with Gasteiger partial charge in [-0.25, -0.2) is 4.79 Å². The zero-order valence-electron chi connectivity index (χ0n) is 7.31. The summed E-state index contributed by atoms with van der Waals surface area (Å²) in [6.45, 7) is 0.257. The van der Waals surface area contributed by atoms with Gasteiger partial charge in [0, 0.05) is 16.4 Å². The molecule has 0 amide bonds. The topological polar surface area (TPSA) is 29.5 Å². The average molecular weight is 254 g/mol. The van der Waals surface area contributed by atoms with E-state index in [0.717, 1.165) is 10.2 Å². The molecule has 1 heterocycles. The van der Waals surface area contributed by atoms with Crippen molar-refractivity contribution in [3.05, 3.63) is 41.2 Å². The molecule has 0 bridgehead atoms. The Morgan fingerprint density at radius 3 is 3.00 bits per heavy atom. The van der Waals surface area contributed by atoms with Gasteiger partial charge in [-0.15, -0.1) is 0 Å². The van der Waals surface area contributed by atoms with E-state index >= 15 is 0 Å². The second-order valence-corrected chi connectivity index (χ2v) is 3.80. The van der Waals surface area contributed by atoms with Gasteiger partial charge < -0.3 is 9.64 Å². The maximum atomic E-state index is 11.0. The fraction of sp³-hybridized carbons (Fsp3) is 0.100. The predicted octanol–water partition coefficient (Wildman–Crippen LogP) is 2.28. The quantitative estimate of drug-likeness (QED) is 0.720. The molecule has 1 aromatic rings. The van der Waals surface area contributed by atoms with Crippen LogP contribution in [0.4, 0.5) is 5.69 Å². The summed E-state index contributed by atoms with van der Waals surface area (Å²) in [7, 11) is 0. The smallest absolute Gasteiger partial charge is 0.330 e. The highest BCUT2D eigenvalue weighted by molar-refractivity contribution is 9.10. The van der Waals surface area contributed by atoms with Crippen molar-refractivity contribution in [1.29, 1.82) is 0 Å². The van der Waals surface area contributed by atoms with Gasteiger partial charge in [-0.1, -0.05) is 22.0 Å². The summed E-state index contributed by atoms with van der Waals surface area (Å²) in [5.41, 5.74) is 0.965. The highest BCUT2D eigenvalue weighted by Crippen LogP contribution is 2.21. The summed E-state index contributed by atoms with van der Waals surface area (Å²) in [6.07, 6.45) is 3.13. The van der Waals surface area contributed by atoms with Crippen molar-refractivity contribution in [2.75, 3.05) is 11.4 Å². The lowest BCUT2D eigenvalue weighted by atomic mass is 10.3. The van der Waals surface area contributed by atoms with Gasteiger partial charge in [0.25, 0.3) is 0 Å². The Hall–Kier alpha value is -1.29. The lowest BCUT2D eigenvalue weighted by Gasteiger charge is -2.22. The highest BCUT2D eigenvalue weighted by Gasteiger charge is 2.13. The Balaban J connectivity index is 2.26. The van der Waals surface area contributed by atoms with Gasteiger partial charge in [0.1, 0.15) is 12.8 Å². The van der Waals surface area contributed by atoms with Crippen LogP contribution in [0.5, 0.6) is 0 Å². The van der Waals surface area contributed by atoms with E-state index in [4.69, 9.17) is 0 Å². The Labute approximate surface area is 90.1 Å². The number of halogens is 1. The van der Waals surface area contributed by atoms with Crippen molar-refractivity contribution in [3.8, 4) is 0 Å². The number of hydrogen-bond donors (Lipinski definition) is 0. The van der Waals surface area contributed by atoms with Gasteiger partial charge in [0.05, 0.1) is 0 Å². The molecule has 4 heteroatoms. The number of ether oxygens (including phenoxy) is 1. The summed E-state index contributed by atoms with van der Waals surface area (Å²) in [5, 5.41) is 0. The molecular weight excluding hydrogens is 246 g/mol. The third kappa shape index (κ3) is 1.96. The highest BCUT2D eigenvalue weighted by atomic mass is 79.9. The van der Waals surface area contributed by atoms with E-state index in [0.29, 0.717) is 0 Å². The maximum absolute atomic E-state index is 11.0. The molecule has 72 valence electrons. The monoisotopic (exact) mass is 253 g/mol. The molecule has 1 aromatic carbocycles. The summed E-state index contributed by atoms with van der Waals surface area (Å²) in [4.78, 5) is 12.8. The third-order valence-corrected chi connectivity index (χ3v) is 2.37. The molecule has 2 rings (SSSR count). The van der Waals surface area contributed by atoms with Crippen molar-refractivity contribution < 1.29 is 9.53 Å². The van der Waals surface area contributed by atoms with Crippen molar-refractivity contribution in [2.45, 2.75) is 0 Å². The molecule has 1 aliphatic rings. The Bertz CT molecular complexity index is 389. The summed E-state index contributed by atoms with van der Waals surface area (Å²) >= 11 is 3.38. The van der Waals surface area contributed by atoms with E-state index in [2.05, 4.69) is 20.7 Å². The molecule has 1 aliphatic heterocycles. The molecule has 0 atom stereocenters. The molecule has 0 aliphatic carbocycles. The van der Waals surface area contributed by atoms with Crippen molar-refractivity contribution in [3.63, 3.8) is 0 Å². The van der Waals surface area contributed by atoms with Crippen LogP contribution in [0, 0.1) is 0 Å². The van der Waals surface area contributed by atoms with Crippen LogP contribution < -0.4 is 4.90 Å². The molecule has 3 nitrogen and oxygen atoms in total. The van der Waals surface area contributed by atoms with E-state index in [1.807, 2.05) is 29.2 Å². The molecule has 0 aromatic heterocycles. The van der Waals surface area contributed by atoms with Gasteiger partial charge in [0.2, 0.25) is 0 Å². The number of cyclic esters (lactones) is 1. The normalized spacial score (nSPS) is 15.5. The average Bonchev–Trinajstić information content (AvgIpc) is 2.18. The largest absolute Gasteiger partial charge is 0.432 e. The first kappa shape index (κ1) is 9.27. The lowest BCUT2D eigenvalue weighted by Crippen LogP contribution is -2.28. The van der Waals surface area contributed by atoms with E-state index in [1.54, 1.807) is 6.20 Å². The number of anilines is 1. The van der Waals surface area contributed by atoms with Crippen LogP contribution in [-0.2, 0) is 9.53 Å². The first-order valence-electron chi connectivity index (χ1n) is 4.14. The minimum absolute atomic E-state index is 0.243. The number of nitrogens with zero attached hydrogens (tertiary/aromatic N) is 1. The molecule has 0 saturated carbocycles. The molecular formula is C10H8BrNO2. The van der Waals surface area contributed by atoms with Gasteiger partial charge in [-0.05, 0) is 18.2 Å². The number of carbonyl (C=O) groups is 1. The first-order valence-corrected chi connectivity index (χ1v) is 4.93. The second-order valence-electron chi connectivity index (χ2n) is 2.88. The first-order chi connectivity index (χ1) is 6.75. The van der Waals surface area contributed by atoms with Gasteiger partial charge in [-0.2, -0.15) is 0 Å². The van der Waals surface area contributed by atoms with Crippen LogP contribution in [0.3, 0.4) is 0 Å². The van der Waals surface area contributed by atoms with E-state index in [1.165, 1.54) is 6.26 Å². The fourth-order valence-corrected chi connectivity index (χ4v) is 1.63.